The Labute approximate surface area is 130 Å². The fourth-order valence-corrected chi connectivity index (χ4v) is 3.59. The largest absolute Gasteiger partial charge is 0.328 e. The Kier molecular flexibility index (Phi) is 4.06. The predicted molar refractivity (Wildman–Crippen MR) is 83.0 cm³/mol. The van der Waals surface area contributed by atoms with Crippen LogP contribution < -0.4 is 16.4 Å². The Morgan fingerprint density at radius 3 is 2.68 bits per heavy atom. The second-order valence-electron chi connectivity index (χ2n) is 5.09. The van der Waals surface area contributed by atoms with E-state index in [1.54, 1.807) is 6.07 Å². The van der Waals surface area contributed by atoms with Gasteiger partial charge in [0.15, 0.2) is 0 Å². The minimum Gasteiger partial charge on any atom is -0.328 e. The van der Waals surface area contributed by atoms with Gasteiger partial charge in [0.05, 0.1) is 4.88 Å². The number of fused-ring (bicyclic) bond motifs is 1. The van der Waals surface area contributed by atoms with Gasteiger partial charge < -0.3 is 4.98 Å². The van der Waals surface area contributed by atoms with Crippen molar-refractivity contribution in [3.05, 3.63) is 55.6 Å². The molecular weight excluding hydrogens is 302 g/mol. The summed E-state index contributed by atoms with van der Waals surface area (Å²) in [7, 11) is 0. The van der Waals surface area contributed by atoms with Gasteiger partial charge in [-0.05, 0) is 49.4 Å². The maximum absolute atomic E-state index is 12.1. The molecule has 2 aromatic heterocycles. The Morgan fingerprint density at radius 2 is 1.91 bits per heavy atom. The maximum Gasteiger partial charge on any atom is 0.279 e. The highest BCUT2D eigenvalue weighted by molar-refractivity contribution is 7.14. The quantitative estimate of drug-likeness (QED) is 0.731. The van der Waals surface area contributed by atoms with Crippen LogP contribution in [0.3, 0.4) is 0 Å². The van der Waals surface area contributed by atoms with Crippen molar-refractivity contribution < 1.29 is 9.59 Å². The molecule has 6 nitrogen and oxygen atoms in total. The Hall–Kier alpha value is -2.41. The van der Waals surface area contributed by atoms with Crippen molar-refractivity contribution in [3.63, 3.8) is 0 Å². The molecule has 0 aromatic carbocycles. The monoisotopic (exact) mass is 317 g/mol. The summed E-state index contributed by atoms with van der Waals surface area (Å²) in [6.07, 6.45) is 5.76. The second-order valence-corrected chi connectivity index (χ2v) is 6.22. The van der Waals surface area contributed by atoms with Crippen molar-refractivity contribution in [2.24, 2.45) is 0 Å². The fourth-order valence-electron chi connectivity index (χ4n) is 2.45. The van der Waals surface area contributed by atoms with E-state index >= 15 is 0 Å². The summed E-state index contributed by atoms with van der Waals surface area (Å²) in [5.41, 5.74) is 5.30. The molecule has 0 fully saturated rings. The molecule has 114 valence electrons. The Bertz CT molecular complexity index is 755. The molecule has 22 heavy (non-hydrogen) atoms. The molecule has 0 aliphatic heterocycles. The number of carbonyl (C=O) groups excluding carboxylic acids is 2. The molecular formula is C15H15N3O3S. The number of thiophene rings is 1. The van der Waals surface area contributed by atoms with Gasteiger partial charge in [-0.15, -0.1) is 11.3 Å². The minimum absolute atomic E-state index is 0.0479. The van der Waals surface area contributed by atoms with Crippen molar-refractivity contribution in [1.82, 2.24) is 15.8 Å². The third-order valence-electron chi connectivity index (χ3n) is 3.57. The van der Waals surface area contributed by atoms with Gasteiger partial charge in [-0.2, -0.15) is 0 Å². The standard InChI is InChI=1S/C15H15N3O3S/c19-13-10(5-3-7-16-13)14(20)17-18-15(21)12-8-9-4-1-2-6-11(9)22-12/h3,5,7-8H,1-2,4,6H2,(H,16,19)(H,17,20)(H,18,21). The Morgan fingerprint density at radius 1 is 1.14 bits per heavy atom. The molecule has 2 heterocycles. The maximum atomic E-state index is 12.1. The lowest BCUT2D eigenvalue weighted by Gasteiger charge is -2.08. The number of H-pyrrole nitrogens is 1. The van der Waals surface area contributed by atoms with Crippen molar-refractivity contribution in [2.45, 2.75) is 25.7 Å². The first kappa shape index (κ1) is 14.5. The smallest absolute Gasteiger partial charge is 0.279 e. The van der Waals surface area contributed by atoms with E-state index in [0.29, 0.717) is 4.88 Å². The molecule has 0 saturated carbocycles. The second kappa shape index (κ2) is 6.15. The minimum atomic E-state index is -0.642. The van der Waals surface area contributed by atoms with Crippen molar-refractivity contribution in [3.8, 4) is 0 Å². The van der Waals surface area contributed by atoms with Gasteiger partial charge in [-0.1, -0.05) is 0 Å². The van der Waals surface area contributed by atoms with Crippen molar-refractivity contribution in [2.75, 3.05) is 0 Å². The number of carbonyl (C=O) groups is 2. The first-order chi connectivity index (χ1) is 10.6. The topological polar surface area (TPSA) is 91.1 Å². The van der Waals surface area contributed by atoms with E-state index in [-0.39, 0.29) is 11.5 Å². The molecule has 1 aliphatic carbocycles. The summed E-state index contributed by atoms with van der Waals surface area (Å²) < 4.78 is 0. The summed E-state index contributed by atoms with van der Waals surface area (Å²) in [6, 6.07) is 4.82. The van der Waals surface area contributed by atoms with Crippen LogP contribution in [0.15, 0.2) is 29.2 Å². The van der Waals surface area contributed by atoms with Crippen LogP contribution in [0.5, 0.6) is 0 Å². The molecule has 1 aliphatic rings. The molecule has 3 N–H and O–H groups in total. The van der Waals surface area contributed by atoms with Crippen LogP contribution in [0.25, 0.3) is 0 Å². The number of hydrazine groups is 1. The van der Waals surface area contributed by atoms with Gasteiger partial charge in [-0.25, -0.2) is 0 Å². The highest BCUT2D eigenvalue weighted by Gasteiger charge is 2.18. The van der Waals surface area contributed by atoms with Crippen molar-refractivity contribution in [1.29, 1.82) is 0 Å². The lowest BCUT2D eigenvalue weighted by Crippen LogP contribution is -2.43. The first-order valence-corrected chi connectivity index (χ1v) is 7.87. The van der Waals surface area contributed by atoms with E-state index in [4.69, 9.17) is 0 Å². The van der Waals surface area contributed by atoms with Crippen LogP contribution in [-0.2, 0) is 12.8 Å². The highest BCUT2D eigenvalue weighted by atomic mass is 32.1. The zero-order valence-corrected chi connectivity index (χ0v) is 12.6. The molecule has 0 saturated heterocycles. The first-order valence-electron chi connectivity index (χ1n) is 7.05. The number of aromatic amines is 1. The van der Waals surface area contributed by atoms with Gasteiger partial charge >= 0.3 is 0 Å². The van der Waals surface area contributed by atoms with E-state index < -0.39 is 11.5 Å². The van der Waals surface area contributed by atoms with E-state index in [1.807, 2.05) is 6.07 Å². The molecule has 0 unspecified atom stereocenters. The molecule has 2 amide bonds. The molecule has 0 bridgehead atoms. The summed E-state index contributed by atoms with van der Waals surface area (Å²) in [5, 5.41) is 0. The van der Waals surface area contributed by atoms with Crippen LogP contribution in [0.4, 0.5) is 0 Å². The number of aryl methyl sites for hydroxylation is 2. The van der Waals surface area contributed by atoms with Crippen LogP contribution in [0, 0.1) is 0 Å². The van der Waals surface area contributed by atoms with Gasteiger partial charge in [0.2, 0.25) is 0 Å². The molecule has 7 heteroatoms. The molecule has 0 spiro atoms. The summed E-state index contributed by atoms with van der Waals surface area (Å²) in [4.78, 5) is 39.7. The number of pyridine rings is 1. The number of amides is 2. The van der Waals surface area contributed by atoms with Crippen LogP contribution >= 0.6 is 11.3 Å². The molecule has 3 rings (SSSR count). The summed E-state index contributed by atoms with van der Waals surface area (Å²) >= 11 is 1.46. The van der Waals surface area contributed by atoms with Gasteiger partial charge in [-0.3, -0.25) is 25.2 Å². The zero-order chi connectivity index (χ0) is 15.5. The zero-order valence-electron chi connectivity index (χ0n) is 11.8. The number of hydrogen-bond donors (Lipinski definition) is 3. The Balaban J connectivity index is 1.65. The normalized spacial score (nSPS) is 13.3. The molecule has 0 radical (unpaired) electrons. The highest BCUT2D eigenvalue weighted by Crippen LogP contribution is 2.29. The number of aromatic nitrogens is 1. The third kappa shape index (κ3) is 2.94. The average molecular weight is 317 g/mol. The summed E-state index contributed by atoms with van der Waals surface area (Å²) in [5.74, 6) is -1.00. The van der Waals surface area contributed by atoms with Gasteiger partial charge in [0.25, 0.3) is 17.4 Å². The van der Waals surface area contributed by atoms with E-state index in [9.17, 15) is 14.4 Å². The van der Waals surface area contributed by atoms with Gasteiger partial charge in [0.1, 0.15) is 5.56 Å². The number of hydrogen-bond acceptors (Lipinski definition) is 4. The fraction of sp³-hybridized carbons (Fsp3) is 0.267. The summed E-state index contributed by atoms with van der Waals surface area (Å²) in [6.45, 7) is 0. The molecule has 0 atom stereocenters. The van der Waals surface area contributed by atoms with Crippen LogP contribution in [-0.4, -0.2) is 16.8 Å². The van der Waals surface area contributed by atoms with Crippen LogP contribution in [0.1, 0.15) is 43.3 Å². The predicted octanol–water partition coefficient (Wildman–Crippen LogP) is 1.39. The SMILES string of the molecule is O=C(NNC(=O)c1ccc[nH]c1=O)c1cc2c(s1)CCCC2. The van der Waals surface area contributed by atoms with E-state index in [2.05, 4.69) is 15.8 Å². The molecule has 2 aromatic rings. The van der Waals surface area contributed by atoms with E-state index in [0.717, 1.165) is 25.7 Å². The van der Waals surface area contributed by atoms with E-state index in [1.165, 1.54) is 34.0 Å². The van der Waals surface area contributed by atoms with Crippen molar-refractivity contribution >= 4 is 23.2 Å². The van der Waals surface area contributed by atoms with Crippen LogP contribution in [0.2, 0.25) is 0 Å². The lowest BCUT2D eigenvalue weighted by atomic mass is 9.99. The number of nitrogens with one attached hydrogen (secondary N) is 3. The number of rotatable bonds is 2. The van der Waals surface area contributed by atoms with Gasteiger partial charge in [0, 0.05) is 11.1 Å². The average Bonchev–Trinajstić information content (AvgIpc) is 2.97. The lowest BCUT2D eigenvalue weighted by molar-refractivity contribution is 0.0848. The third-order valence-corrected chi connectivity index (χ3v) is 4.81.